The van der Waals surface area contributed by atoms with Crippen molar-refractivity contribution in [1.29, 1.82) is 0 Å². The number of hydrogen-bond donors (Lipinski definition) is 2. The van der Waals surface area contributed by atoms with Crippen LogP contribution in [0, 0.1) is 5.92 Å². The maximum absolute atomic E-state index is 11.6. The van der Waals surface area contributed by atoms with Crippen molar-refractivity contribution in [1.82, 2.24) is 5.32 Å². The molecule has 0 radical (unpaired) electrons. The highest BCUT2D eigenvalue weighted by molar-refractivity contribution is 9.10. The monoisotopic (exact) mass is 343 g/mol. The molecule has 20 heavy (non-hydrogen) atoms. The molecule has 1 rings (SSSR count). The highest BCUT2D eigenvalue weighted by atomic mass is 79.9. The Bertz CT molecular complexity index is 488. The summed E-state index contributed by atoms with van der Waals surface area (Å²) in [4.78, 5) is 22.4. The zero-order valence-electron chi connectivity index (χ0n) is 11.5. The summed E-state index contributed by atoms with van der Waals surface area (Å²) in [5.74, 6) is -0.400. The van der Waals surface area contributed by atoms with Gasteiger partial charge in [-0.3, -0.25) is 4.79 Å². The van der Waals surface area contributed by atoms with E-state index in [0.717, 1.165) is 6.42 Å². The molecule has 110 valence electrons. The fourth-order valence-corrected chi connectivity index (χ4v) is 1.80. The van der Waals surface area contributed by atoms with Gasteiger partial charge in [0, 0.05) is 6.54 Å². The van der Waals surface area contributed by atoms with Gasteiger partial charge in [0.2, 0.25) is 0 Å². The number of carbonyl (C=O) groups is 2. The molecule has 0 heterocycles. The number of benzene rings is 1. The summed E-state index contributed by atoms with van der Waals surface area (Å²) in [6.07, 6.45) is 0.907. The maximum atomic E-state index is 11.6. The largest absolute Gasteiger partial charge is 0.483 e. The lowest BCUT2D eigenvalue weighted by Gasteiger charge is -2.10. The first-order valence-electron chi connectivity index (χ1n) is 6.32. The SMILES string of the molecule is CC(C)CCNC(=O)COc1cc(C(=O)O)ccc1Br. The van der Waals surface area contributed by atoms with Crippen LogP contribution in [-0.4, -0.2) is 30.1 Å². The van der Waals surface area contributed by atoms with Crippen LogP contribution in [0.3, 0.4) is 0 Å². The molecule has 0 spiro atoms. The number of nitrogens with one attached hydrogen (secondary N) is 1. The predicted molar refractivity (Wildman–Crippen MR) is 79.1 cm³/mol. The van der Waals surface area contributed by atoms with Gasteiger partial charge in [-0.25, -0.2) is 4.79 Å². The lowest BCUT2D eigenvalue weighted by Crippen LogP contribution is -2.30. The zero-order chi connectivity index (χ0) is 15.1. The Labute approximate surface area is 126 Å². The molecule has 0 saturated carbocycles. The topological polar surface area (TPSA) is 75.6 Å². The smallest absolute Gasteiger partial charge is 0.335 e. The van der Waals surface area contributed by atoms with Crippen LogP contribution in [-0.2, 0) is 4.79 Å². The number of amides is 1. The number of ether oxygens (including phenoxy) is 1. The molecule has 1 amide bonds. The van der Waals surface area contributed by atoms with Crippen molar-refractivity contribution < 1.29 is 19.4 Å². The van der Waals surface area contributed by atoms with Crippen molar-refractivity contribution in [3.63, 3.8) is 0 Å². The van der Waals surface area contributed by atoms with Gasteiger partial charge in [-0.2, -0.15) is 0 Å². The van der Waals surface area contributed by atoms with Crippen LogP contribution in [0.25, 0.3) is 0 Å². The maximum Gasteiger partial charge on any atom is 0.335 e. The van der Waals surface area contributed by atoms with Gasteiger partial charge in [0.1, 0.15) is 5.75 Å². The van der Waals surface area contributed by atoms with Crippen LogP contribution in [0.2, 0.25) is 0 Å². The fraction of sp³-hybridized carbons (Fsp3) is 0.429. The van der Waals surface area contributed by atoms with E-state index in [0.29, 0.717) is 22.7 Å². The van der Waals surface area contributed by atoms with Gasteiger partial charge in [-0.05, 0) is 46.5 Å². The van der Waals surface area contributed by atoms with Crippen LogP contribution < -0.4 is 10.1 Å². The van der Waals surface area contributed by atoms with E-state index in [2.05, 4.69) is 35.1 Å². The van der Waals surface area contributed by atoms with E-state index in [9.17, 15) is 9.59 Å². The van der Waals surface area contributed by atoms with Gasteiger partial charge in [0.05, 0.1) is 10.0 Å². The van der Waals surface area contributed by atoms with Crippen molar-refractivity contribution in [3.8, 4) is 5.75 Å². The molecule has 0 aromatic heterocycles. The second kappa shape index (κ2) is 7.89. The molecule has 1 aromatic carbocycles. The minimum absolute atomic E-state index is 0.114. The van der Waals surface area contributed by atoms with E-state index in [4.69, 9.17) is 9.84 Å². The average molecular weight is 344 g/mol. The molecule has 0 aliphatic carbocycles. The summed E-state index contributed by atoms with van der Waals surface area (Å²) < 4.78 is 5.93. The van der Waals surface area contributed by atoms with Gasteiger partial charge < -0.3 is 15.2 Å². The van der Waals surface area contributed by atoms with Gasteiger partial charge >= 0.3 is 5.97 Å². The van der Waals surface area contributed by atoms with Crippen LogP contribution in [0.15, 0.2) is 22.7 Å². The lowest BCUT2D eigenvalue weighted by atomic mass is 10.1. The Morgan fingerprint density at radius 3 is 2.70 bits per heavy atom. The molecular formula is C14H18BrNO4. The third-order valence-corrected chi connectivity index (χ3v) is 3.24. The molecule has 0 unspecified atom stereocenters. The van der Waals surface area contributed by atoms with Gasteiger partial charge in [0.25, 0.3) is 5.91 Å². The molecule has 1 aromatic rings. The second-order valence-electron chi connectivity index (χ2n) is 4.77. The van der Waals surface area contributed by atoms with E-state index in [1.54, 1.807) is 6.07 Å². The predicted octanol–water partition coefficient (Wildman–Crippen LogP) is 2.69. The van der Waals surface area contributed by atoms with E-state index < -0.39 is 5.97 Å². The summed E-state index contributed by atoms with van der Waals surface area (Å²) in [5.41, 5.74) is 0.114. The van der Waals surface area contributed by atoms with Crippen molar-refractivity contribution in [2.75, 3.05) is 13.2 Å². The number of carboxylic acid groups (broad SMARTS) is 1. The third-order valence-electron chi connectivity index (χ3n) is 2.58. The summed E-state index contributed by atoms with van der Waals surface area (Å²) in [6, 6.07) is 4.42. The van der Waals surface area contributed by atoms with Gasteiger partial charge in [-0.1, -0.05) is 13.8 Å². The van der Waals surface area contributed by atoms with Gasteiger partial charge in [0.15, 0.2) is 6.61 Å². The molecule has 0 saturated heterocycles. The molecule has 5 nitrogen and oxygen atoms in total. The zero-order valence-corrected chi connectivity index (χ0v) is 13.1. The summed E-state index contributed by atoms with van der Waals surface area (Å²) in [5, 5.41) is 11.6. The van der Waals surface area contributed by atoms with E-state index >= 15 is 0 Å². The first kappa shape index (κ1) is 16.5. The molecule has 0 fully saturated rings. The Balaban J connectivity index is 2.50. The normalized spacial score (nSPS) is 10.4. The fourth-order valence-electron chi connectivity index (χ4n) is 1.44. The number of aromatic carboxylic acids is 1. The summed E-state index contributed by atoms with van der Waals surface area (Å²) in [7, 11) is 0. The van der Waals surface area contributed by atoms with Crippen LogP contribution in [0.1, 0.15) is 30.6 Å². The third kappa shape index (κ3) is 5.61. The first-order chi connectivity index (χ1) is 9.40. The van der Waals surface area contributed by atoms with Crippen LogP contribution in [0.5, 0.6) is 5.75 Å². The number of halogens is 1. The van der Waals surface area contributed by atoms with E-state index in [1.165, 1.54) is 12.1 Å². The number of carboxylic acids is 1. The lowest BCUT2D eigenvalue weighted by molar-refractivity contribution is -0.123. The minimum atomic E-state index is -1.04. The molecule has 0 aliphatic heterocycles. The van der Waals surface area contributed by atoms with Crippen molar-refractivity contribution in [2.24, 2.45) is 5.92 Å². The Morgan fingerprint density at radius 1 is 1.40 bits per heavy atom. The summed E-state index contributed by atoms with van der Waals surface area (Å²) >= 11 is 3.25. The molecular weight excluding hydrogens is 326 g/mol. The molecule has 6 heteroatoms. The van der Waals surface area contributed by atoms with Crippen molar-refractivity contribution in [2.45, 2.75) is 20.3 Å². The Morgan fingerprint density at radius 2 is 2.10 bits per heavy atom. The summed E-state index contributed by atoms with van der Waals surface area (Å²) in [6.45, 7) is 4.63. The van der Waals surface area contributed by atoms with Crippen molar-refractivity contribution >= 4 is 27.8 Å². The first-order valence-corrected chi connectivity index (χ1v) is 7.11. The van der Waals surface area contributed by atoms with Crippen LogP contribution in [0.4, 0.5) is 0 Å². The number of rotatable bonds is 7. The molecule has 0 aliphatic rings. The number of carbonyl (C=O) groups excluding carboxylic acids is 1. The highest BCUT2D eigenvalue weighted by Gasteiger charge is 2.10. The quantitative estimate of drug-likeness (QED) is 0.797. The van der Waals surface area contributed by atoms with Gasteiger partial charge in [-0.15, -0.1) is 0 Å². The molecule has 0 atom stereocenters. The Hall–Kier alpha value is -1.56. The van der Waals surface area contributed by atoms with E-state index in [1.807, 2.05) is 0 Å². The van der Waals surface area contributed by atoms with Crippen LogP contribution >= 0.6 is 15.9 Å². The average Bonchev–Trinajstić information content (AvgIpc) is 2.37. The Kier molecular flexibility index (Phi) is 6.51. The number of hydrogen-bond acceptors (Lipinski definition) is 3. The highest BCUT2D eigenvalue weighted by Crippen LogP contribution is 2.26. The molecule has 0 bridgehead atoms. The second-order valence-corrected chi connectivity index (χ2v) is 5.63. The minimum Gasteiger partial charge on any atom is -0.483 e. The van der Waals surface area contributed by atoms with Crippen molar-refractivity contribution in [3.05, 3.63) is 28.2 Å². The standard InChI is InChI=1S/C14H18BrNO4/c1-9(2)5-6-16-13(17)8-20-12-7-10(14(18)19)3-4-11(12)15/h3-4,7,9H,5-6,8H2,1-2H3,(H,16,17)(H,18,19). The van der Waals surface area contributed by atoms with E-state index in [-0.39, 0.29) is 18.1 Å². The molecule has 2 N–H and O–H groups in total.